The van der Waals surface area contributed by atoms with Crippen molar-refractivity contribution < 1.29 is 24.0 Å². The molecule has 8 nitrogen and oxygen atoms in total. The molecule has 0 aliphatic rings. The number of rotatable bonds is 8. The fourth-order valence-electron chi connectivity index (χ4n) is 2.35. The van der Waals surface area contributed by atoms with Crippen molar-refractivity contribution in [3.8, 4) is 5.75 Å². The molecule has 2 aromatic rings. The van der Waals surface area contributed by atoms with E-state index in [1.54, 1.807) is 6.92 Å². The van der Waals surface area contributed by atoms with E-state index in [2.05, 4.69) is 0 Å². The number of nitro groups is 1. The molecular weight excluding hydrogens is 352 g/mol. The lowest BCUT2D eigenvalue weighted by molar-refractivity contribution is -0.384. The second-order valence-corrected chi connectivity index (χ2v) is 5.62. The van der Waals surface area contributed by atoms with E-state index in [9.17, 15) is 19.7 Å². The highest BCUT2D eigenvalue weighted by Gasteiger charge is 2.24. The molecule has 8 heteroatoms. The van der Waals surface area contributed by atoms with Crippen LogP contribution in [-0.4, -0.2) is 30.5 Å². The van der Waals surface area contributed by atoms with Crippen LogP contribution in [0.4, 0.5) is 11.4 Å². The van der Waals surface area contributed by atoms with Crippen LogP contribution in [0.1, 0.15) is 18.9 Å². The van der Waals surface area contributed by atoms with E-state index in [1.807, 2.05) is 30.3 Å². The molecule has 0 spiro atoms. The average Bonchev–Trinajstić information content (AvgIpc) is 2.66. The SMILES string of the molecule is CCOC(=O)CC(=O)N(C)c1cc(OCc2ccccc2)ccc1[N+](=O)[O-]. The lowest BCUT2D eigenvalue weighted by Gasteiger charge is -2.18. The highest BCUT2D eigenvalue weighted by molar-refractivity contribution is 6.04. The number of carbonyl (C=O) groups excluding carboxylic acids is 2. The smallest absolute Gasteiger partial charge is 0.315 e. The monoisotopic (exact) mass is 372 g/mol. The number of ether oxygens (including phenoxy) is 2. The minimum Gasteiger partial charge on any atom is -0.489 e. The van der Waals surface area contributed by atoms with Crippen LogP contribution in [0.2, 0.25) is 0 Å². The Kier molecular flexibility index (Phi) is 6.87. The number of hydrogen-bond donors (Lipinski definition) is 0. The van der Waals surface area contributed by atoms with E-state index >= 15 is 0 Å². The highest BCUT2D eigenvalue weighted by atomic mass is 16.6. The number of hydrogen-bond acceptors (Lipinski definition) is 6. The number of esters is 1. The molecular formula is C19H20N2O6. The molecule has 0 unspecified atom stereocenters. The zero-order valence-corrected chi connectivity index (χ0v) is 15.1. The van der Waals surface area contributed by atoms with E-state index < -0.39 is 23.2 Å². The van der Waals surface area contributed by atoms with Gasteiger partial charge in [0, 0.05) is 19.2 Å². The first-order chi connectivity index (χ1) is 12.9. The lowest BCUT2D eigenvalue weighted by atomic mass is 10.2. The molecule has 1 amide bonds. The molecule has 0 aliphatic carbocycles. The third-order valence-corrected chi connectivity index (χ3v) is 3.73. The van der Waals surface area contributed by atoms with Crippen LogP contribution in [0.5, 0.6) is 5.75 Å². The van der Waals surface area contributed by atoms with E-state index in [0.717, 1.165) is 10.5 Å². The van der Waals surface area contributed by atoms with Crippen molar-refractivity contribution >= 4 is 23.3 Å². The second kappa shape index (κ2) is 9.33. The molecule has 0 aliphatic heterocycles. The van der Waals surface area contributed by atoms with Gasteiger partial charge in [-0.15, -0.1) is 0 Å². The van der Waals surface area contributed by atoms with Crippen LogP contribution < -0.4 is 9.64 Å². The van der Waals surface area contributed by atoms with Gasteiger partial charge in [-0.05, 0) is 18.6 Å². The third kappa shape index (κ3) is 5.53. The predicted molar refractivity (Wildman–Crippen MR) is 98.5 cm³/mol. The van der Waals surface area contributed by atoms with E-state index in [0.29, 0.717) is 5.75 Å². The van der Waals surface area contributed by atoms with Crippen molar-refractivity contribution in [3.63, 3.8) is 0 Å². The zero-order chi connectivity index (χ0) is 19.8. The molecule has 2 rings (SSSR count). The Labute approximate surface area is 156 Å². The Bertz CT molecular complexity index is 822. The quantitative estimate of drug-likeness (QED) is 0.306. The van der Waals surface area contributed by atoms with Crippen LogP contribution in [0.15, 0.2) is 48.5 Å². The van der Waals surface area contributed by atoms with E-state index in [1.165, 1.54) is 25.2 Å². The molecule has 0 atom stereocenters. The van der Waals surface area contributed by atoms with Gasteiger partial charge in [-0.25, -0.2) is 0 Å². The number of nitro benzene ring substituents is 1. The van der Waals surface area contributed by atoms with E-state index in [4.69, 9.17) is 9.47 Å². The Morgan fingerprint density at radius 3 is 2.48 bits per heavy atom. The Hall–Kier alpha value is -3.42. The average molecular weight is 372 g/mol. The molecule has 2 aromatic carbocycles. The lowest BCUT2D eigenvalue weighted by Crippen LogP contribution is -2.29. The zero-order valence-electron chi connectivity index (χ0n) is 15.1. The van der Waals surface area contributed by atoms with Crippen molar-refractivity contribution in [2.75, 3.05) is 18.6 Å². The van der Waals surface area contributed by atoms with Gasteiger partial charge in [-0.1, -0.05) is 30.3 Å². The number of benzene rings is 2. The van der Waals surface area contributed by atoms with E-state index in [-0.39, 0.29) is 24.6 Å². The molecule has 0 radical (unpaired) electrons. The Balaban J connectivity index is 2.20. The molecule has 142 valence electrons. The van der Waals surface area contributed by atoms with Crippen molar-refractivity contribution in [1.82, 2.24) is 0 Å². The van der Waals surface area contributed by atoms with Crippen LogP contribution >= 0.6 is 0 Å². The fourth-order valence-corrected chi connectivity index (χ4v) is 2.35. The minimum atomic E-state index is -0.687. The van der Waals surface area contributed by atoms with Gasteiger partial charge in [-0.3, -0.25) is 19.7 Å². The number of carbonyl (C=O) groups is 2. The van der Waals surface area contributed by atoms with Crippen LogP contribution in [0.3, 0.4) is 0 Å². The summed E-state index contributed by atoms with van der Waals surface area (Å²) in [7, 11) is 1.37. The van der Waals surface area contributed by atoms with Gasteiger partial charge < -0.3 is 14.4 Å². The van der Waals surface area contributed by atoms with Crippen molar-refractivity contribution in [3.05, 3.63) is 64.2 Å². The van der Waals surface area contributed by atoms with Gasteiger partial charge in [0.15, 0.2) is 0 Å². The summed E-state index contributed by atoms with van der Waals surface area (Å²) in [5.74, 6) is -0.930. The van der Waals surface area contributed by atoms with Gasteiger partial charge in [0.25, 0.3) is 5.69 Å². The fraction of sp³-hybridized carbons (Fsp3) is 0.263. The summed E-state index contributed by atoms with van der Waals surface area (Å²) in [6, 6.07) is 13.6. The Morgan fingerprint density at radius 2 is 1.85 bits per heavy atom. The predicted octanol–water partition coefficient (Wildman–Crippen LogP) is 3.09. The Morgan fingerprint density at radius 1 is 1.15 bits per heavy atom. The summed E-state index contributed by atoms with van der Waals surface area (Å²) < 4.78 is 10.4. The van der Waals surface area contributed by atoms with Crippen LogP contribution in [0, 0.1) is 10.1 Å². The second-order valence-electron chi connectivity index (χ2n) is 5.62. The van der Waals surface area contributed by atoms with Gasteiger partial charge >= 0.3 is 5.97 Å². The van der Waals surface area contributed by atoms with Gasteiger partial charge in [0.05, 0.1) is 11.5 Å². The molecule has 0 bridgehead atoms. The maximum absolute atomic E-state index is 12.3. The summed E-state index contributed by atoms with van der Waals surface area (Å²) >= 11 is 0. The van der Waals surface area contributed by atoms with Gasteiger partial charge in [0.1, 0.15) is 24.5 Å². The molecule has 0 fully saturated rings. The van der Waals surface area contributed by atoms with Crippen molar-refractivity contribution in [2.45, 2.75) is 20.0 Å². The molecule has 0 aromatic heterocycles. The third-order valence-electron chi connectivity index (χ3n) is 3.73. The summed E-state index contributed by atoms with van der Waals surface area (Å²) in [6.07, 6.45) is -0.503. The minimum absolute atomic E-state index is 0.0415. The first-order valence-electron chi connectivity index (χ1n) is 8.29. The maximum Gasteiger partial charge on any atom is 0.315 e. The first-order valence-corrected chi connectivity index (χ1v) is 8.29. The van der Waals surface area contributed by atoms with Crippen LogP contribution in [-0.2, 0) is 20.9 Å². The number of amides is 1. The molecule has 0 saturated heterocycles. The normalized spacial score (nSPS) is 10.1. The molecule has 0 N–H and O–H groups in total. The summed E-state index contributed by atoms with van der Waals surface area (Å²) in [4.78, 5) is 35.5. The maximum atomic E-state index is 12.3. The van der Waals surface area contributed by atoms with Gasteiger partial charge in [0.2, 0.25) is 5.91 Å². The standard InChI is InChI=1S/C19H20N2O6/c1-3-26-19(23)12-18(22)20(2)17-11-15(9-10-16(17)21(24)25)27-13-14-7-5-4-6-8-14/h4-11H,3,12-13H2,1-2H3. The topological polar surface area (TPSA) is 99.0 Å². The molecule has 27 heavy (non-hydrogen) atoms. The van der Waals surface area contributed by atoms with Crippen molar-refractivity contribution in [2.24, 2.45) is 0 Å². The van der Waals surface area contributed by atoms with Crippen molar-refractivity contribution in [1.29, 1.82) is 0 Å². The summed E-state index contributed by atoms with van der Waals surface area (Å²) in [5, 5.41) is 11.3. The summed E-state index contributed by atoms with van der Waals surface area (Å²) in [6.45, 7) is 2.06. The molecule has 0 heterocycles. The largest absolute Gasteiger partial charge is 0.489 e. The number of nitrogens with zero attached hydrogens (tertiary/aromatic N) is 2. The summed E-state index contributed by atoms with van der Waals surface area (Å²) in [5.41, 5.74) is 0.714. The molecule has 0 saturated carbocycles. The van der Waals surface area contributed by atoms with Gasteiger partial charge in [-0.2, -0.15) is 0 Å². The highest BCUT2D eigenvalue weighted by Crippen LogP contribution is 2.32. The van der Waals surface area contributed by atoms with Crippen LogP contribution in [0.25, 0.3) is 0 Å². The number of anilines is 1. The first kappa shape index (κ1) is 19.9.